The molecule has 76 valence electrons. The Morgan fingerprint density at radius 2 is 1.86 bits per heavy atom. The van der Waals surface area contributed by atoms with Crippen molar-refractivity contribution in [1.29, 1.82) is 0 Å². The standard InChI is InChI=1S/C10H13NO3/c12-5-3-4-11-10(13)9-7-2-1-6(14-7)8(5)9/h6-9H,1-4H2,(H,11,13)/t6-,7+,8-,9+/m0/s1. The van der Waals surface area contributed by atoms with E-state index in [1.807, 2.05) is 0 Å². The second-order valence-electron chi connectivity index (χ2n) is 4.35. The summed E-state index contributed by atoms with van der Waals surface area (Å²) in [6.45, 7) is 0.504. The van der Waals surface area contributed by atoms with Crippen LogP contribution in [0.1, 0.15) is 19.3 Å². The Hall–Kier alpha value is -0.900. The molecule has 4 heteroatoms. The van der Waals surface area contributed by atoms with E-state index >= 15 is 0 Å². The van der Waals surface area contributed by atoms with Gasteiger partial charge in [0.25, 0.3) is 0 Å². The Labute approximate surface area is 82.0 Å². The van der Waals surface area contributed by atoms with E-state index in [-0.39, 0.29) is 35.7 Å². The molecule has 1 amide bonds. The van der Waals surface area contributed by atoms with Gasteiger partial charge in [-0.3, -0.25) is 9.59 Å². The normalized spacial score (nSPS) is 46.0. The summed E-state index contributed by atoms with van der Waals surface area (Å²) in [5.74, 6) is -0.103. The second kappa shape index (κ2) is 2.79. The first-order valence-electron chi connectivity index (χ1n) is 5.23. The first-order valence-corrected chi connectivity index (χ1v) is 5.23. The number of carbonyl (C=O) groups excluding carboxylic acids is 2. The Kier molecular flexibility index (Phi) is 1.68. The highest BCUT2D eigenvalue weighted by molar-refractivity contribution is 5.92. The molecule has 3 fully saturated rings. The first kappa shape index (κ1) is 8.41. The molecule has 3 saturated heterocycles. The van der Waals surface area contributed by atoms with Gasteiger partial charge in [0, 0.05) is 13.0 Å². The van der Waals surface area contributed by atoms with Gasteiger partial charge in [-0.2, -0.15) is 0 Å². The van der Waals surface area contributed by atoms with Crippen molar-refractivity contribution in [3.63, 3.8) is 0 Å². The molecule has 3 rings (SSSR count). The van der Waals surface area contributed by atoms with E-state index in [0.717, 1.165) is 12.8 Å². The summed E-state index contributed by atoms with van der Waals surface area (Å²) >= 11 is 0. The largest absolute Gasteiger partial charge is 0.373 e. The molecule has 2 bridgehead atoms. The van der Waals surface area contributed by atoms with Gasteiger partial charge in [0.15, 0.2) is 0 Å². The van der Waals surface area contributed by atoms with Crippen molar-refractivity contribution >= 4 is 11.7 Å². The molecule has 0 spiro atoms. The van der Waals surface area contributed by atoms with Crippen LogP contribution in [0.25, 0.3) is 0 Å². The van der Waals surface area contributed by atoms with Gasteiger partial charge in [-0.05, 0) is 12.8 Å². The molecule has 0 radical (unpaired) electrons. The molecule has 0 aromatic heterocycles. The maximum atomic E-state index is 11.8. The number of fused-ring (bicyclic) bond motifs is 5. The predicted molar refractivity (Wildman–Crippen MR) is 47.5 cm³/mol. The number of carbonyl (C=O) groups is 2. The second-order valence-corrected chi connectivity index (χ2v) is 4.35. The Morgan fingerprint density at radius 1 is 1.14 bits per heavy atom. The summed E-state index contributed by atoms with van der Waals surface area (Å²) in [5, 5.41) is 2.79. The minimum absolute atomic E-state index is 0.00653. The number of hydrogen-bond donors (Lipinski definition) is 1. The topological polar surface area (TPSA) is 55.4 Å². The lowest BCUT2D eigenvalue weighted by Gasteiger charge is -2.22. The highest BCUT2D eigenvalue weighted by Gasteiger charge is 2.55. The van der Waals surface area contributed by atoms with Crippen molar-refractivity contribution in [2.75, 3.05) is 6.54 Å². The minimum Gasteiger partial charge on any atom is -0.373 e. The monoisotopic (exact) mass is 195 g/mol. The van der Waals surface area contributed by atoms with Crippen LogP contribution in [0.3, 0.4) is 0 Å². The van der Waals surface area contributed by atoms with E-state index in [0.29, 0.717) is 13.0 Å². The molecule has 0 aromatic carbocycles. The summed E-state index contributed by atoms with van der Waals surface area (Å²) in [5.41, 5.74) is 0. The molecule has 3 heterocycles. The highest BCUT2D eigenvalue weighted by atomic mass is 16.5. The summed E-state index contributed by atoms with van der Waals surface area (Å²) in [6, 6.07) is 0. The van der Waals surface area contributed by atoms with Crippen molar-refractivity contribution in [2.24, 2.45) is 11.8 Å². The third kappa shape index (κ3) is 0.974. The van der Waals surface area contributed by atoms with Crippen molar-refractivity contribution in [2.45, 2.75) is 31.5 Å². The molecule has 14 heavy (non-hydrogen) atoms. The lowest BCUT2D eigenvalue weighted by molar-refractivity contribution is -0.131. The van der Waals surface area contributed by atoms with Crippen molar-refractivity contribution < 1.29 is 14.3 Å². The Bertz CT molecular complexity index is 274. The molecular weight excluding hydrogens is 182 g/mol. The summed E-state index contributed by atoms with van der Waals surface area (Å²) in [4.78, 5) is 23.4. The predicted octanol–water partition coefficient (Wildman–Crippen LogP) is -0.131. The fourth-order valence-corrected chi connectivity index (χ4v) is 3.01. The lowest BCUT2D eigenvalue weighted by Crippen LogP contribution is -2.40. The van der Waals surface area contributed by atoms with Crippen LogP contribution >= 0.6 is 0 Å². The van der Waals surface area contributed by atoms with E-state index in [2.05, 4.69) is 5.32 Å². The zero-order valence-electron chi connectivity index (χ0n) is 7.86. The van der Waals surface area contributed by atoms with Gasteiger partial charge in [-0.25, -0.2) is 0 Å². The molecule has 1 N–H and O–H groups in total. The van der Waals surface area contributed by atoms with Crippen molar-refractivity contribution in [3.8, 4) is 0 Å². The van der Waals surface area contributed by atoms with E-state index in [1.54, 1.807) is 0 Å². The van der Waals surface area contributed by atoms with Crippen LogP contribution < -0.4 is 5.32 Å². The van der Waals surface area contributed by atoms with Crippen LogP contribution in [0.2, 0.25) is 0 Å². The summed E-state index contributed by atoms with van der Waals surface area (Å²) in [7, 11) is 0. The maximum Gasteiger partial charge on any atom is 0.226 e. The molecule has 0 aliphatic carbocycles. The number of amides is 1. The smallest absolute Gasteiger partial charge is 0.226 e. The van der Waals surface area contributed by atoms with Crippen LogP contribution in [0.5, 0.6) is 0 Å². The zero-order chi connectivity index (χ0) is 9.71. The SMILES string of the molecule is O=C1CCNC(=O)[C@H]2[C@@H]1[C@@H]1CC[C@H]2O1. The van der Waals surface area contributed by atoms with Gasteiger partial charge in [-0.1, -0.05) is 0 Å². The molecule has 0 aromatic rings. The number of Topliss-reactive ketones (excluding diaryl/α,β-unsaturated/α-hetero) is 1. The van der Waals surface area contributed by atoms with E-state index in [9.17, 15) is 9.59 Å². The Morgan fingerprint density at radius 3 is 2.64 bits per heavy atom. The average Bonchev–Trinajstić information content (AvgIpc) is 2.72. The molecule has 3 aliphatic rings. The quantitative estimate of drug-likeness (QED) is 0.585. The van der Waals surface area contributed by atoms with Gasteiger partial charge in [0.05, 0.1) is 24.0 Å². The molecule has 3 aliphatic heterocycles. The van der Waals surface area contributed by atoms with Crippen molar-refractivity contribution in [1.82, 2.24) is 5.32 Å². The van der Waals surface area contributed by atoms with Gasteiger partial charge in [0.1, 0.15) is 5.78 Å². The molecule has 0 saturated carbocycles. The van der Waals surface area contributed by atoms with Gasteiger partial charge >= 0.3 is 0 Å². The number of rotatable bonds is 0. The fraction of sp³-hybridized carbons (Fsp3) is 0.800. The number of nitrogens with one attached hydrogen (secondary N) is 1. The average molecular weight is 195 g/mol. The fourth-order valence-electron chi connectivity index (χ4n) is 3.01. The number of ether oxygens (including phenoxy) is 1. The molecule has 4 nitrogen and oxygen atoms in total. The lowest BCUT2D eigenvalue weighted by atomic mass is 9.76. The number of ketones is 1. The van der Waals surface area contributed by atoms with Gasteiger partial charge in [0.2, 0.25) is 5.91 Å². The summed E-state index contributed by atoms with van der Waals surface area (Å²) < 4.78 is 5.63. The third-order valence-corrected chi connectivity index (χ3v) is 3.62. The number of hydrogen-bond acceptors (Lipinski definition) is 3. The third-order valence-electron chi connectivity index (χ3n) is 3.62. The Balaban J connectivity index is 1.96. The van der Waals surface area contributed by atoms with Crippen LogP contribution in [-0.2, 0) is 14.3 Å². The van der Waals surface area contributed by atoms with E-state index < -0.39 is 0 Å². The van der Waals surface area contributed by atoms with Crippen LogP contribution in [0.4, 0.5) is 0 Å². The van der Waals surface area contributed by atoms with E-state index in [1.165, 1.54) is 0 Å². The minimum atomic E-state index is -0.191. The van der Waals surface area contributed by atoms with Gasteiger partial charge < -0.3 is 10.1 Å². The first-order chi connectivity index (χ1) is 6.77. The van der Waals surface area contributed by atoms with E-state index in [4.69, 9.17) is 4.74 Å². The molecule has 0 unspecified atom stereocenters. The zero-order valence-corrected chi connectivity index (χ0v) is 7.86. The molecular formula is C10H13NO3. The van der Waals surface area contributed by atoms with Crippen molar-refractivity contribution in [3.05, 3.63) is 0 Å². The summed E-state index contributed by atoms with van der Waals surface area (Å²) in [6.07, 6.45) is 2.39. The van der Waals surface area contributed by atoms with Crippen LogP contribution in [0, 0.1) is 11.8 Å². The van der Waals surface area contributed by atoms with Crippen LogP contribution in [0.15, 0.2) is 0 Å². The van der Waals surface area contributed by atoms with Crippen LogP contribution in [-0.4, -0.2) is 30.4 Å². The maximum absolute atomic E-state index is 11.8. The molecule has 4 atom stereocenters. The van der Waals surface area contributed by atoms with Gasteiger partial charge in [-0.15, -0.1) is 0 Å². The highest BCUT2D eigenvalue weighted by Crippen LogP contribution is 2.44.